The number of carbonyl (C=O) groups is 2. The van der Waals surface area contributed by atoms with Crippen molar-refractivity contribution in [3.63, 3.8) is 0 Å². The van der Waals surface area contributed by atoms with Gasteiger partial charge in [-0.25, -0.2) is 0 Å². The molecule has 0 fully saturated rings. The fourth-order valence-corrected chi connectivity index (χ4v) is 3.50. The fourth-order valence-electron chi connectivity index (χ4n) is 3.50. The zero-order valence-electron chi connectivity index (χ0n) is 15.9. The van der Waals surface area contributed by atoms with Crippen LogP contribution in [0.3, 0.4) is 0 Å². The summed E-state index contributed by atoms with van der Waals surface area (Å²) in [5.74, 6) is 1.96. The van der Waals surface area contributed by atoms with Crippen LogP contribution < -0.4 is 10.5 Å². The third-order valence-electron chi connectivity index (χ3n) is 4.56. The maximum absolute atomic E-state index is 13.1. The molecule has 8 nitrogen and oxygen atoms in total. The van der Waals surface area contributed by atoms with Gasteiger partial charge in [0.25, 0.3) is 11.8 Å². The summed E-state index contributed by atoms with van der Waals surface area (Å²) in [5.41, 5.74) is 5.61. The SMILES string of the molecule is Cc1nnc2n1[C@@H](CC(C)C)CN(C(=O)c1cccc(OCC(N)=O)c1)C2. The number of nitrogens with two attached hydrogens (primary N) is 1. The van der Waals surface area contributed by atoms with Gasteiger partial charge >= 0.3 is 0 Å². The molecule has 1 aromatic carbocycles. The van der Waals surface area contributed by atoms with E-state index in [4.69, 9.17) is 10.5 Å². The first-order valence-corrected chi connectivity index (χ1v) is 9.06. The van der Waals surface area contributed by atoms with Gasteiger partial charge in [-0.05, 0) is 37.5 Å². The Hall–Kier alpha value is -2.90. The Labute approximate surface area is 158 Å². The Morgan fingerprint density at radius 2 is 2.11 bits per heavy atom. The maximum atomic E-state index is 13.1. The van der Waals surface area contributed by atoms with E-state index in [1.54, 1.807) is 29.2 Å². The van der Waals surface area contributed by atoms with E-state index in [1.807, 2.05) is 6.92 Å². The highest BCUT2D eigenvalue weighted by atomic mass is 16.5. The Bertz CT molecular complexity index is 846. The summed E-state index contributed by atoms with van der Waals surface area (Å²) in [5, 5.41) is 8.44. The molecule has 0 unspecified atom stereocenters. The number of primary amides is 1. The first kappa shape index (κ1) is 18.9. The number of hydrogen-bond acceptors (Lipinski definition) is 5. The van der Waals surface area contributed by atoms with Crippen LogP contribution in [0.4, 0.5) is 0 Å². The van der Waals surface area contributed by atoms with Crippen LogP contribution in [-0.4, -0.2) is 44.6 Å². The van der Waals surface area contributed by atoms with E-state index in [2.05, 4.69) is 28.6 Å². The van der Waals surface area contributed by atoms with Gasteiger partial charge in [0.05, 0.1) is 12.6 Å². The maximum Gasteiger partial charge on any atom is 0.255 e. The fraction of sp³-hybridized carbons (Fsp3) is 0.474. The molecular formula is C19H25N5O3. The number of aryl methyl sites for hydroxylation is 1. The number of hydrogen-bond donors (Lipinski definition) is 1. The number of nitrogens with zero attached hydrogens (tertiary/aromatic N) is 4. The zero-order valence-corrected chi connectivity index (χ0v) is 15.9. The molecule has 0 spiro atoms. The highest BCUT2D eigenvalue weighted by molar-refractivity contribution is 5.94. The Kier molecular flexibility index (Phi) is 5.43. The molecular weight excluding hydrogens is 346 g/mol. The topological polar surface area (TPSA) is 103 Å². The van der Waals surface area contributed by atoms with Gasteiger partial charge < -0.3 is 19.9 Å². The average molecular weight is 371 g/mol. The second-order valence-electron chi connectivity index (χ2n) is 7.29. The molecule has 2 heterocycles. The van der Waals surface area contributed by atoms with E-state index in [-0.39, 0.29) is 18.6 Å². The molecule has 0 saturated carbocycles. The van der Waals surface area contributed by atoms with Crippen molar-refractivity contribution < 1.29 is 14.3 Å². The molecule has 0 radical (unpaired) electrons. The number of carbonyl (C=O) groups excluding carboxylic acids is 2. The first-order chi connectivity index (χ1) is 12.8. The highest BCUT2D eigenvalue weighted by Gasteiger charge is 2.31. The van der Waals surface area contributed by atoms with Gasteiger partial charge in [-0.1, -0.05) is 19.9 Å². The van der Waals surface area contributed by atoms with E-state index in [1.165, 1.54) is 0 Å². The zero-order chi connectivity index (χ0) is 19.6. The summed E-state index contributed by atoms with van der Waals surface area (Å²) in [4.78, 5) is 25.7. The number of amides is 2. The Balaban J connectivity index is 1.81. The smallest absolute Gasteiger partial charge is 0.255 e. The summed E-state index contributed by atoms with van der Waals surface area (Å²) in [6, 6.07) is 6.94. The van der Waals surface area contributed by atoms with Gasteiger partial charge in [-0.2, -0.15) is 0 Å². The molecule has 2 N–H and O–H groups in total. The quantitative estimate of drug-likeness (QED) is 0.832. The van der Waals surface area contributed by atoms with E-state index in [0.717, 1.165) is 18.1 Å². The third-order valence-corrected chi connectivity index (χ3v) is 4.56. The van der Waals surface area contributed by atoms with Crippen molar-refractivity contribution in [1.82, 2.24) is 19.7 Å². The molecule has 0 saturated heterocycles. The van der Waals surface area contributed by atoms with Crippen LogP contribution in [0, 0.1) is 12.8 Å². The molecule has 2 amide bonds. The standard InChI is InChI=1S/C19H25N5O3/c1-12(2)7-15-9-23(10-18-22-21-13(3)24(15)18)19(26)14-5-4-6-16(8-14)27-11-17(20)25/h4-6,8,12,15H,7,9-11H2,1-3H3,(H2,20,25)/t15-/m0/s1. The summed E-state index contributed by atoms with van der Waals surface area (Å²) in [6.45, 7) is 7.08. The molecule has 1 aromatic heterocycles. The van der Waals surface area contributed by atoms with Crippen molar-refractivity contribution in [3.8, 4) is 5.75 Å². The van der Waals surface area contributed by atoms with Crippen molar-refractivity contribution in [1.29, 1.82) is 0 Å². The van der Waals surface area contributed by atoms with Gasteiger partial charge in [-0.15, -0.1) is 10.2 Å². The predicted octanol–water partition coefficient (Wildman–Crippen LogP) is 1.69. The van der Waals surface area contributed by atoms with Crippen molar-refractivity contribution in [2.24, 2.45) is 11.7 Å². The van der Waals surface area contributed by atoms with Crippen LogP contribution in [0.15, 0.2) is 24.3 Å². The number of aromatic nitrogens is 3. The molecule has 2 aromatic rings. The average Bonchev–Trinajstić information content (AvgIpc) is 3.00. The first-order valence-electron chi connectivity index (χ1n) is 9.06. The van der Waals surface area contributed by atoms with E-state index in [0.29, 0.717) is 30.3 Å². The van der Waals surface area contributed by atoms with Crippen molar-refractivity contribution in [3.05, 3.63) is 41.5 Å². The van der Waals surface area contributed by atoms with E-state index in [9.17, 15) is 9.59 Å². The second kappa shape index (κ2) is 7.77. The minimum absolute atomic E-state index is 0.0971. The molecule has 0 bridgehead atoms. The van der Waals surface area contributed by atoms with Crippen LogP contribution in [0.2, 0.25) is 0 Å². The van der Waals surface area contributed by atoms with Crippen molar-refractivity contribution in [2.75, 3.05) is 13.2 Å². The Morgan fingerprint density at radius 1 is 1.33 bits per heavy atom. The van der Waals surface area contributed by atoms with Crippen LogP contribution >= 0.6 is 0 Å². The van der Waals surface area contributed by atoms with Gasteiger partial charge in [-0.3, -0.25) is 9.59 Å². The van der Waals surface area contributed by atoms with Crippen LogP contribution in [0.1, 0.15) is 48.3 Å². The van der Waals surface area contributed by atoms with Crippen molar-refractivity contribution in [2.45, 2.75) is 39.8 Å². The summed E-state index contributed by atoms with van der Waals surface area (Å²) >= 11 is 0. The molecule has 1 atom stereocenters. The molecule has 1 aliphatic heterocycles. The molecule has 3 rings (SSSR count). The highest BCUT2D eigenvalue weighted by Crippen LogP contribution is 2.28. The number of fused-ring (bicyclic) bond motifs is 1. The summed E-state index contributed by atoms with van der Waals surface area (Å²) in [6.07, 6.45) is 0.942. The summed E-state index contributed by atoms with van der Waals surface area (Å²) in [7, 11) is 0. The summed E-state index contributed by atoms with van der Waals surface area (Å²) < 4.78 is 7.46. The number of ether oxygens (including phenoxy) is 1. The number of rotatable bonds is 6. The molecule has 0 aliphatic carbocycles. The van der Waals surface area contributed by atoms with Crippen LogP contribution in [-0.2, 0) is 11.3 Å². The minimum atomic E-state index is -0.561. The largest absolute Gasteiger partial charge is 0.484 e. The second-order valence-corrected chi connectivity index (χ2v) is 7.29. The lowest BCUT2D eigenvalue weighted by Gasteiger charge is -2.35. The Morgan fingerprint density at radius 3 is 2.81 bits per heavy atom. The lowest BCUT2D eigenvalue weighted by Crippen LogP contribution is -2.42. The lowest BCUT2D eigenvalue weighted by molar-refractivity contribution is -0.119. The van der Waals surface area contributed by atoms with Crippen LogP contribution in [0.5, 0.6) is 5.75 Å². The lowest BCUT2D eigenvalue weighted by atomic mass is 10.0. The normalized spacial score (nSPS) is 16.3. The number of benzene rings is 1. The molecule has 144 valence electrons. The van der Waals surface area contributed by atoms with Gasteiger partial charge in [0.1, 0.15) is 11.6 Å². The van der Waals surface area contributed by atoms with Gasteiger partial charge in [0.2, 0.25) is 0 Å². The van der Waals surface area contributed by atoms with E-state index >= 15 is 0 Å². The molecule has 8 heteroatoms. The molecule has 1 aliphatic rings. The molecule has 27 heavy (non-hydrogen) atoms. The van der Waals surface area contributed by atoms with Crippen LogP contribution in [0.25, 0.3) is 0 Å². The van der Waals surface area contributed by atoms with Crippen molar-refractivity contribution >= 4 is 11.8 Å². The predicted molar refractivity (Wildman–Crippen MR) is 99.1 cm³/mol. The minimum Gasteiger partial charge on any atom is -0.484 e. The van der Waals surface area contributed by atoms with E-state index < -0.39 is 5.91 Å². The van der Waals surface area contributed by atoms with Gasteiger partial charge in [0.15, 0.2) is 12.4 Å². The monoisotopic (exact) mass is 371 g/mol. The third kappa shape index (κ3) is 4.27. The van der Waals surface area contributed by atoms with Gasteiger partial charge in [0, 0.05) is 12.1 Å².